The number of carbonyl (C=O) groups excluding carboxylic acids is 1. The van der Waals surface area contributed by atoms with Crippen LogP contribution in [0.2, 0.25) is 0 Å². The summed E-state index contributed by atoms with van der Waals surface area (Å²) >= 11 is 0. The van der Waals surface area contributed by atoms with Crippen molar-refractivity contribution in [3.8, 4) is 5.69 Å². The Hall–Kier alpha value is -4.00. The van der Waals surface area contributed by atoms with Gasteiger partial charge in [0.2, 0.25) is 5.82 Å². The van der Waals surface area contributed by atoms with Crippen LogP contribution in [0.1, 0.15) is 29.0 Å². The van der Waals surface area contributed by atoms with Gasteiger partial charge >= 0.3 is 6.18 Å². The third kappa shape index (κ3) is 4.67. The zero-order valence-electron chi connectivity index (χ0n) is 17.8. The molecule has 0 saturated heterocycles. The molecule has 0 radical (unpaired) electrons. The summed E-state index contributed by atoms with van der Waals surface area (Å²) in [5.74, 6) is -2.14. The number of alkyl halides is 3. The van der Waals surface area contributed by atoms with Crippen LogP contribution in [0.5, 0.6) is 0 Å². The molecule has 5 rings (SSSR count). The van der Waals surface area contributed by atoms with Crippen LogP contribution in [0.15, 0.2) is 65.8 Å². The summed E-state index contributed by atoms with van der Waals surface area (Å²) < 4.78 is 68.3. The first-order valence-electron chi connectivity index (χ1n) is 10.4. The molecule has 1 aliphatic carbocycles. The van der Waals surface area contributed by atoms with Crippen molar-refractivity contribution in [1.82, 2.24) is 24.2 Å². The van der Waals surface area contributed by atoms with E-state index in [1.165, 1.54) is 59.4 Å². The number of carbonyl (C=O) groups is 1. The van der Waals surface area contributed by atoms with Crippen LogP contribution in [0.25, 0.3) is 16.9 Å². The van der Waals surface area contributed by atoms with Crippen molar-refractivity contribution >= 4 is 32.9 Å². The fourth-order valence-electron chi connectivity index (χ4n) is 3.35. The molecular weight excluding hydrogens is 485 g/mol. The number of hydrogen-bond acceptors (Lipinski definition) is 7. The number of anilines is 1. The molecule has 9 nitrogen and oxygen atoms in total. The molecule has 1 aliphatic rings. The summed E-state index contributed by atoms with van der Waals surface area (Å²) in [7, 11) is -4.06. The van der Waals surface area contributed by atoms with Crippen LogP contribution in [-0.4, -0.2) is 39.9 Å². The third-order valence-corrected chi connectivity index (χ3v) is 6.60. The van der Waals surface area contributed by atoms with E-state index in [9.17, 15) is 26.4 Å². The van der Waals surface area contributed by atoms with E-state index in [4.69, 9.17) is 0 Å². The number of nitrogens with zero attached hydrogens (tertiary/aromatic N) is 4. The highest BCUT2D eigenvalue weighted by Crippen LogP contribution is 2.33. The molecule has 0 aliphatic heterocycles. The van der Waals surface area contributed by atoms with E-state index < -0.39 is 27.9 Å². The fraction of sp³-hybridized carbons (Fsp3) is 0.182. The lowest BCUT2D eigenvalue weighted by Crippen LogP contribution is -2.30. The maximum absolute atomic E-state index is 13.4. The molecule has 1 amide bonds. The molecular formula is C22H17F3N6O3S. The molecule has 0 spiro atoms. The van der Waals surface area contributed by atoms with E-state index in [0.717, 1.165) is 12.8 Å². The normalized spacial score (nSPS) is 14.1. The molecule has 180 valence electrons. The second kappa shape index (κ2) is 8.34. The van der Waals surface area contributed by atoms with E-state index in [-0.39, 0.29) is 33.5 Å². The van der Waals surface area contributed by atoms with Gasteiger partial charge in [0.05, 0.1) is 4.90 Å². The number of benzene rings is 2. The van der Waals surface area contributed by atoms with Crippen molar-refractivity contribution in [3.63, 3.8) is 0 Å². The van der Waals surface area contributed by atoms with Gasteiger partial charge in [-0.05, 0) is 49.2 Å². The summed E-state index contributed by atoms with van der Waals surface area (Å²) in [6.07, 6.45) is -1.78. The van der Waals surface area contributed by atoms with Gasteiger partial charge in [0.25, 0.3) is 15.9 Å². The number of halogens is 3. The first kappa shape index (κ1) is 22.8. The smallest absolute Gasteiger partial charge is 0.365 e. The standard InChI is InChI=1S/C22H17F3N6O3S/c23-22(24,25)21-28-18(27-14-8-9-14)17-19(29-21)31(12-26-17)15-10-6-13(7-11-15)20(32)30-35(33,34)16-4-2-1-3-5-16/h1-7,10-12,14H,8-9H2,(H,30,32)(H,27,28,29). The largest absolute Gasteiger partial charge is 0.451 e. The Morgan fingerprint density at radius 3 is 2.31 bits per heavy atom. The van der Waals surface area contributed by atoms with E-state index in [1.807, 2.05) is 4.72 Å². The van der Waals surface area contributed by atoms with Gasteiger partial charge < -0.3 is 5.32 Å². The van der Waals surface area contributed by atoms with Crippen LogP contribution < -0.4 is 10.0 Å². The van der Waals surface area contributed by atoms with Crippen LogP contribution in [0.3, 0.4) is 0 Å². The molecule has 0 atom stereocenters. The minimum atomic E-state index is -4.75. The average Bonchev–Trinajstić information content (AvgIpc) is 3.54. The zero-order chi connectivity index (χ0) is 24.8. The van der Waals surface area contributed by atoms with Crippen LogP contribution in [-0.2, 0) is 16.2 Å². The van der Waals surface area contributed by atoms with Crippen LogP contribution in [0.4, 0.5) is 19.0 Å². The number of hydrogen-bond donors (Lipinski definition) is 2. The molecule has 35 heavy (non-hydrogen) atoms. The second-order valence-electron chi connectivity index (χ2n) is 7.89. The Morgan fingerprint density at radius 1 is 1.00 bits per heavy atom. The van der Waals surface area contributed by atoms with Gasteiger partial charge in [-0.15, -0.1) is 0 Å². The average molecular weight is 502 g/mol. The van der Waals surface area contributed by atoms with Gasteiger partial charge in [-0.1, -0.05) is 18.2 Å². The Balaban J connectivity index is 1.45. The summed E-state index contributed by atoms with van der Waals surface area (Å²) in [5.41, 5.74) is 0.540. The molecule has 4 aromatic rings. The van der Waals surface area contributed by atoms with Gasteiger partial charge in [0, 0.05) is 17.3 Å². The van der Waals surface area contributed by atoms with Gasteiger partial charge in [0.15, 0.2) is 17.0 Å². The van der Waals surface area contributed by atoms with Crippen LogP contribution in [0, 0.1) is 0 Å². The quantitative estimate of drug-likeness (QED) is 0.414. The number of imidazole rings is 1. The van der Waals surface area contributed by atoms with Gasteiger partial charge in [-0.25, -0.2) is 28.1 Å². The molecule has 2 heterocycles. The monoisotopic (exact) mass is 502 g/mol. The number of nitrogens with one attached hydrogen (secondary N) is 2. The molecule has 2 N–H and O–H groups in total. The van der Waals surface area contributed by atoms with Gasteiger partial charge in [-0.3, -0.25) is 9.36 Å². The minimum absolute atomic E-state index is 0.00527. The lowest BCUT2D eigenvalue weighted by Gasteiger charge is -2.11. The predicted octanol–water partition coefficient (Wildman–Crippen LogP) is 3.53. The Labute approximate surface area is 197 Å². The Morgan fingerprint density at radius 2 is 1.69 bits per heavy atom. The molecule has 1 fully saturated rings. The minimum Gasteiger partial charge on any atom is -0.365 e. The summed E-state index contributed by atoms with van der Waals surface area (Å²) in [5, 5.41) is 2.96. The molecule has 2 aromatic carbocycles. The first-order valence-corrected chi connectivity index (χ1v) is 11.9. The predicted molar refractivity (Wildman–Crippen MR) is 119 cm³/mol. The number of sulfonamides is 1. The lowest BCUT2D eigenvalue weighted by atomic mass is 10.2. The summed E-state index contributed by atoms with van der Waals surface area (Å²) in [6, 6.07) is 13.1. The van der Waals surface area contributed by atoms with E-state index >= 15 is 0 Å². The zero-order valence-corrected chi connectivity index (χ0v) is 18.6. The van der Waals surface area contributed by atoms with Gasteiger partial charge in [0.1, 0.15) is 6.33 Å². The Bertz CT molecular complexity index is 1520. The van der Waals surface area contributed by atoms with Crippen molar-refractivity contribution in [2.24, 2.45) is 0 Å². The lowest BCUT2D eigenvalue weighted by molar-refractivity contribution is -0.144. The highest BCUT2D eigenvalue weighted by Gasteiger charge is 2.37. The van der Waals surface area contributed by atoms with E-state index in [0.29, 0.717) is 5.69 Å². The highest BCUT2D eigenvalue weighted by molar-refractivity contribution is 7.90. The van der Waals surface area contributed by atoms with E-state index in [1.54, 1.807) is 6.07 Å². The van der Waals surface area contributed by atoms with Crippen molar-refractivity contribution in [2.75, 3.05) is 5.32 Å². The molecule has 1 saturated carbocycles. The SMILES string of the molecule is O=C(NS(=O)(=O)c1ccccc1)c1ccc(-n2cnc3c(NC4CC4)nc(C(F)(F)F)nc32)cc1. The topological polar surface area (TPSA) is 119 Å². The van der Waals surface area contributed by atoms with Crippen molar-refractivity contribution in [3.05, 3.63) is 72.3 Å². The van der Waals surface area contributed by atoms with E-state index in [2.05, 4.69) is 20.3 Å². The number of amides is 1. The second-order valence-corrected chi connectivity index (χ2v) is 9.58. The molecule has 2 aromatic heterocycles. The molecule has 13 heteroatoms. The van der Waals surface area contributed by atoms with Crippen molar-refractivity contribution in [2.45, 2.75) is 30.0 Å². The number of aromatic nitrogens is 4. The number of rotatable bonds is 6. The molecule has 0 unspecified atom stereocenters. The van der Waals surface area contributed by atoms with Crippen molar-refractivity contribution < 1.29 is 26.4 Å². The van der Waals surface area contributed by atoms with Gasteiger partial charge in [-0.2, -0.15) is 13.2 Å². The summed E-state index contributed by atoms with van der Waals surface area (Å²) in [6.45, 7) is 0. The number of fused-ring (bicyclic) bond motifs is 1. The fourth-order valence-corrected chi connectivity index (χ4v) is 4.35. The first-order chi connectivity index (χ1) is 16.6. The van der Waals surface area contributed by atoms with Crippen LogP contribution >= 0.6 is 0 Å². The summed E-state index contributed by atoms with van der Waals surface area (Å²) in [4.78, 5) is 23.9. The maximum atomic E-state index is 13.4. The Kier molecular flexibility index (Phi) is 5.43. The maximum Gasteiger partial charge on any atom is 0.451 e. The molecule has 0 bridgehead atoms. The highest BCUT2D eigenvalue weighted by atomic mass is 32.2. The third-order valence-electron chi connectivity index (χ3n) is 5.26. The van der Waals surface area contributed by atoms with Crippen molar-refractivity contribution in [1.29, 1.82) is 0 Å².